The molecule has 0 unspecified atom stereocenters. The predicted octanol–water partition coefficient (Wildman–Crippen LogP) is 3.43. The van der Waals surface area contributed by atoms with Crippen molar-refractivity contribution < 1.29 is 13.2 Å². The summed E-state index contributed by atoms with van der Waals surface area (Å²) in [5.41, 5.74) is 1.41. The second-order valence-corrected chi connectivity index (χ2v) is 10.00. The van der Waals surface area contributed by atoms with Crippen molar-refractivity contribution >= 4 is 43.5 Å². The summed E-state index contributed by atoms with van der Waals surface area (Å²) in [6.07, 6.45) is 3.52. The molecule has 2 heterocycles. The molecular weight excluding hydrogens is 492 g/mol. The van der Waals surface area contributed by atoms with Gasteiger partial charge in [0.1, 0.15) is 4.90 Å². The maximum absolute atomic E-state index is 12.9. The summed E-state index contributed by atoms with van der Waals surface area (Å²) in [5.74, 6) is -0.124. The maximum Gasteiger partial charge on any atom is 0.253 e. The molecule has 0 saturated carbocycles. The third kappa shape index (κ3) is 4.15. The summed E-state index contributed by atoms with van der Waals surface area (Å²) in [6.45, 7) is 1.05. The van der Waals surface area contributed by atoms with Gasteiger partial charge in [-0.25, -0.2) is 13.1 Å². The van der Waals surface area contributed by atoms with Crippen LogP contribution in [-0.4, -0.2) is 59.5 Å². The van der Waals surface area contributed by atoms with Gasteiger partial charge in [-0.1, -0.05) is 27.5 Å². The first-order chi connectivity index (χ1) is 14.4. The topological polar surface area (TPSA) is 75.5 Å². The molecule has 0 spiro atoms. The van der Waals surface area contributed by atoms with Crippen molar-refractivity contribution in [2.75, 3.05) is 26.2 Å². The van der Waals surface area contributed by atoms with Crippen LogP contribution in [0.1, 0.15) is 10.4 Å². The minimum Gasteiger partial charge on any atom is -0.336 e. The minimum absolute atomic E-state index is 0.0707. The van der Waals surface area contributed by atoms with Gasteiger partial charge in [0.25, 0.3) is 5.91 Å². The number of sulfonamides is 1. The lowest BCUT2D eigenvalue weighted by molar-refractivity contribution is 0.0698. The highest BCUT2D eigenvalue weighted by Gasteiger charge is 2.31. The SMILES string of the molecule is O=C(c1ccc(-n2cccn2)cc1)N1CCN(S(=O)(=O)c2ccc(Br)cc2Cl)CC1. The van der Waals surface area contributed by atoms with Gasteiger partial charge in [0.15, 0.2) is 0 Å². The highest BCUT2D eigenvalue weighted by Crippen LogP contribution is 2.28. The molecule has 0 radical (unpaired) electrons. The number of carbonyl (C=O) groups excluding carboxylic acids is 1. The number of hydrogen-bond donors (Lipinski definition) is 0. The van der Waals surface area contributed by atoms with Gasteiger partial charge >= 0.3 is 0 Å². The third-order valence-electron chi connectivity index (χ3n) is 4.92. The predicted molar refractivity (Wildman–Crippen MR) is 117 cm³/mol. The monoisotopic (exact) mass is 508 g/mol. The molecule has 3 aromatic rings. The maximum atomic E-state index is 12.9. The Labute approximate surface area is 188 Å². The summed E-state index contributed by atoms with van der Waals surface area (Å²) in [4.78, 5) is 14.6. The van der Waals surface area contributed by atoms with Crippen LogP contribution in [0.15, 0.2) is 70.3 Å². The van der Waals surface area contributed by atoms with Crippen LogP contribution < -0.4 is 0 Å². The first kappa shape index (κ1) is 21.0. The molecule has 4 rings (SSSR count). The zero-order chi connectivity index (χ0) is 21.3. The van der Waals surface area contributed by atoms with Gasteiger partial charge < -0.3 is 4.90 Å². The van der Waals surface area contributed by atoms with E-state index in [4.69, 9.17) is 11.6 Å². The van der Waals surface area contributed by atoms with Crippen LogP contribution in [0.4, 0.5) is 0 Å². The van der Waals surface area contributed by atoms with Gasteiger partial charge in [-0.2, -0.15) is 9.40 Å². The van der Waals surface area contributed by atoms with Gasteiger partial charge in [0.05, 0.1) is 10.7 Å². The van der Waals surface area contributed by atoms with E-state index in [9.17, 15) is 13.2 Å². The number of nitrogens with zero attached hydrogens (tertiary/aromatic N) is 4. The van der Waals surface area contributed by atoms with E-state index in [0.29, 0.717) is 23.1 Å². The molecular formula is C20H18BrClN4O3S. The number of carbonyl (C=O) groups is 1. The molecule has 0 aliphatic carbocycles. The normalized spacial score (nSPS) is 15.3. The van der Waals surface area contributed by atoms with E-state index in [1.54, 1.807) is 40.0 Å². The molecule has 2 aromatic carbocycles. The molecule has 1 fully saturated rings. The Morgan fingerprint density at radius 3 is 2.33 bits per heavy atom. The highest BCUT2D eigenvalue weighted by atomic mass is 79.9. The third-order valence-corrected chi connectivity index (χ3v) is 7.80. The van der Waals surface area contributed by atoms with Crippen LogP contribution in [0.25, 0.3) is 5.69 Å². The second kappa shape index (κ2) is 8.50. The molecule has 1 saturated heterocycles. The van der Waals surface area contributed by atoms with Crippen molar-refractivity contribution in [2.45, 2.75) is 4.90 Å². The lowest BCUT2D eigenvalue weighted by atomic mass is 10.1. The quantitative estimate of drug-likeness (QED) is 0.540. The van der Waals surface area contributed by atoms with Crippen molar-refractivity contribution in [3.63, 3.8) is 0 Å². The standard InChI is InChI=1S/C20H18BrClN4O3S/c21-16-4-7-19(18(22)14-16)30(28,29)25-12-10-24(11-13-25)20(27)15-2-5-17(6-3-15)26-9-1-8-23-26/h1-9,14H,10-13H2. The summed E-state index contributed by atoms with van der Waals surface area (Å²) in [5, 5.41) is 4.33. The zero-order valence-electron chi connectivity index (χ0n) is 15.8. The summed E-state index contributed by atoms with van der Waals surface area (Å²) < 4.78 is 29.7. The number of aromatic nitrogens is 2. The fourth-order valence-electron chi connectivity index (χ4n) is 3.32. The van der Waals surface area contributed by atoms with Gasteiger partial charge in [-0.3, -0.25) is 4.79 Å². The van der Waals surface area contributed by atoms with Gasteiger partial charge in [0.2, 0.25) is 10.0 Å². The van der Waals surface area contributed by atoms with E-state index >= 15 is 0 Å². The summed E-state index contributed by atoms with van der Waals surface area (Å²) in [6, 6.07) is 13.7. The molecule has 1 amide bonds. The molecule has 30 heavy (non-hydrogen) atoms. The zero-order valence-corrected chi connectivity index (χ0v) is 18.9. The Kier molecular flexibility index (Phi) is 5.97. The molecule has 1 aliphatic rings. The summed E-state index contributed by atoms with van der Waals surface area (Å²) in [7, 11) is -3.72. The molecule has 7 nitrogen and oxygen atoms in total. The van der Waals surface area contributed by atoms with Crippen LogP contribution in [0, 0.1) is 0 Å². The smallest absolute Gasteiger partial charge is 0.253 e. The molecule has 10 heteroatoms. The van der Waals surface area contributed by atoms with Crippen LogP contribution in [0.5, 0.6) is 0 Å². The molecule has 1 aromatic heterocycles. The largest absolute Gasteiger partial charge is 0.336 e. The van der Waals surface area contributed by atoms with Crippen molar-refractivity contribution in [2.24, 2.45) is 0 Å². The Balaban J connectivity index is 1.43. The van der Waals surface area contributed by atoms with Crippen molar-refractivity contribution in [1.82, 2.24) is 19.0 Å². The number of piperazine rings is 1. The minimum atomic E-state index is -3.72. The molecule has 0 bridgehead atoms. The number of halogens is 2. The van der Waals surface area contributed by atoms with E-state index in [2.05, 4.69) is 21.0 Å². The van der Waals surface area contributed by atoms with Crippen LogP contribution >= 0.6 is 27.5 Å². The van der Waals surface area contributed by atoms with Crippen LogP contribution in [0.3, 0.4) is 0 Å². The highest BCUT2D eigenvalue weighted by molar-refractivity contribution is 9.10. The Hall–Kier alpha value is -2.20. The average molecular weight is 510 g/mol. The average Bonchev–Trinajstić information content (AvgIpc) is 3.28. The number of benzene rings is 2. The Morgan fingerprint density at radius 2 is 1.73 bits per heavy atom. The van der Waals surface area contributed by atoms with Gasteiger partial charge in [-0.05, 0) is 48.5 Å². The van der Waals surface area contributed by atoms with E-state index in [-0.39, 0.29) is 28.9 Å². The van der Waals surface area contributed by atoms with Crippen molar-refractivity contribution in [3.8, 4) is 5.69 Å². The number of amides is 1. The lowest BCUT2D eigenvalue weighted by Crippen LogP contribution is -2.50. The van der Waals surface area contributed by atoms with Gasteiger partial charge in [0, 0.05) is 48.6 Å². The second-order valence-electron chi connectivity index (χ2n) is 6.77. The van der Waals surface area contributed by atoms with E-state index in [1.807, 2.05) is 24.4 Å². The van der Waals surface area contributed by atoms with Gasteiger partial charge in [-0.15, -0.1) is 0 Å². The lowest BCUT2D eigenvalue weighted by Gasteiger charge is -2.34. The van der Waals surface area contributed by atoms with Crippen LogP contribution in [0.2, 0.25) is 5.02 Å². The Bertz CT molecular complexity index is 1160. The number of hydrogen-bond acceptors (Lipinski definition) is 4. The fourth-order valence-corrected chi connectivity index (χ4v) is 5.75. The molecule has 0 N–H and O–H groups in total. The molecule has 156 valence electrons. The fraction of sp³-hybridized carbons (Fsp3) is 0.200. The van der Waals surface area contributed by atoms with Crippen LogP contribution in [-0.2, 0) is 10.0 Å². The molecule has 1 aliphatic heterocycles. The van der Waals surface area contributed by atoms with Crippen molar-refractivity contribution in [1.29, 1.82) is 0 Å². The first-order valence-electron chi connectivity index (χ1n) is 9.21. The number of rotatable bonds is 4. The Morgan fingerprint density at radius 1 is 1.03 bits per heavy atom. The van der Waals surface area contributed by atoms with E-state index in [0.717, 1.165) is 5.69 Å². The molecule has 0 atom stereocenters. The summed E-state index contributed by atoms with van der Waals surface area (Å²) >= 11 is 9.41. The van der Waals surface area contributed by atoms with Crippen molar-refractivity contribution in [3.05, 3.63) is 76.0 Å². The first-order valence-corrected chi connectivity index (χ1v) is 11.8. The van der Waals surface area contributed by atoms with E-state index < -0.39 is 10.0 Å². The van der Waals surface area contributed by atoms with E-state index in [1.165, 1.54) is 10.4 Å².